The highest BCUT2D eigenvalue weighted by molar-refractivity contribution is 5.30. The van der Waals surface area contributed by atoms with Crippen molar-refractivity contribution in [2.75, 3.05) is 19.8 Å². The molecular weight excluding hydrogens is 254 g/mol. The molecule has 0 bridgehead atoms. The maximum atomic E-state index is 5.49. The van der Waals surface area contributed by atoms with Crippen molar-refractivity contribution >= 4 is 0 Å². The Morgan fingerprint density at radius 2 is 2.05 bits per heavy atom. The average Bonchev–Trinajstić information content (AvgIpc) is 2.96. The van der Waals surface area contributed by atoms with Gasteiger partial charge < -0.3 is 10.1 Å². The fourth-order valence-corrected chi connectivity index (χ4v) is 1.78. The summed E-state index contributed by atoms with van der Waals surface area (Å²) in [5, 5.41) is 15.1. The topological polar surface area (TPSA) is 64.9 Å². The van der Waals surface area contributed by atoms with E-state index in [1.807, 2.05) is 30.3 Å². The van der Waals surface area contributed by atoms with Crippen LogP contribution < -0.4 is 5.32 Å². The van der Waals surface area contributed by atoms with Gasteiger partial charge in [0.1, 0.15) is 0 Å². The number of unbranched alkanes of at least 4 members (excludes halogenated alkanes) is 1. The van der Waals surface area contributed by atoms with Crippen molar-refractivity contribution in [3.8, 4) is 5.69 Å². The van der Waals surface area contributed by atoms with Crippen molar-refractivity contribution in [1.82, 2.24) is 25.5 Å². The van der Waals surface area contributed by atoms with E-state index < -0.39 is 0 Å². The highest BCUT2D eigenvalue weighted by Crippen LogP contribution is 2.06. The molecule has 0 aliphatic rings. The molecule has 0 amide bonds. The lowest BCUT2D eigenvalue weighted by molar-refractivity contribution is 0.132. The second-order valence-corrected chi connectivity index (χ2v) is 4.49. The molecule has 0 spiro atoms. The van der Waals surface area contributed by atoms with Crippen molar-refractivity contribution in [2.24, 2.45) is 0 Å². The average molecular weight is 275 g/mol. The number of aromatic nitrogens is 4. The van der Waals surface area contributed by atoms with Gasteiger partial charge in [0.05, 0.1) is 18.8 Å². The Balaban J connectivity index is 1.76. The van der Waals surface area contributed by atoms with Gasteiger partial charge in [0, 0.05) is 13.2 Å². The van der Waals surface area contributed by atoms with Gasteiger partial charge in [-0.3, -0.25) is 0 Å². The largest absolute Gasteiger partial charge is 0.380 e. The Hall–Kier alpha value is -1.79. The summed E-state index contributed by atoms with van der Waals surface area (Å²) < 4.78 is 7.23. The van der Waals surface area contributed by atoms with Gasteiger partial charge in [0.15, 0.2) is 5.82 Å². The minimum atomic E-state index is 0.624. The van der Waals surface area contributed by atoms with Crippen molar-refractivity contribution in [3.63, 3.8) is 0 Å². The van der Waals surface area contributed by atoms with Gasteiger partial charge in [0.2, 0.25) is 0 Å². The first-order valence-electron chi connectivity index (χ1n) is 7.03. The number of nitrogens with zero attached hydrogens (tertiary/aromatic N) is 4. The molecular formula is C14H21N5O. The van der Waals surface area contributed by atoms with Crippen LogP contribution in [0.4, 0.5) is 0 Å². The number of ether oxygens (including phenoxy) is 1. The van der Waals surface area contributed by atoms with Crippen LogP contribution in [0.5, 0.6) is 0 Å². The molecule has 2 rings (SSSR count). The van der Waals surface area contributed by atoms with E-state index in [1.165, 1.54) is 6.42 Å². The fourth-order valence-electron chi connectivity index (χ4n) is 1.78. The molecule has 0 atom stereocenters. The number of hydrogen-bond acceptors (Lipinski definition) is 5. The second-order valence-electron chi connectivity index (χ2n) is 4.49. The van der Waals surface area contributed by atoms with Gasteiger partial charge in [-0.25, -0.2) is 0 Å². The first-order valence-corrected chi connectivity index (χ1v) is 7.03. The smallest absolute Gasteiger partial charge is 0.170 e. The van der Waals surface area contributed by atoms with E-state index in [1.54, 1.807) is 4.68 Å². The van der Waals surface area contributed by atoms with Crippen LogP contribution in [0.15, 0.2) is 30.3 Å². The van der Waals surface area contributed by atoms with Crippen molar-refractivity contribution in [2.45, 2.75) is 26.3 Å². The zero-order valence-electron chi connectivity index (χ0n) is 11.8. The number of hydrogen-bond donors (Lipinski definition) is 1. The van der Waals surface area contributed by atoms with Gasteiger partial charge in [-0.05, 0) is 29.0 Å². The molecule has 2 aromatic rings. The predicted molar refractivity (Wildman–Crippen MR) is 76.6 cm³/mol. The van der Waals surface area contributed by atoms with Crippen molar-refractivity contribution < 1.29 is 4.74 Å². The van der Waals surface area contributed by atoms with Crippen LogP contribution in [-0.2, 0) is 11.3 Å². The lowest BCUT2D eigenvalue weighted by Crippen LogP contribution is -2.21. The van der Waals surface area contributed by atoms with E-state index in [0.29, 0.717) is 13.2 Å². The molecule has 0 fully saturated rings. The molecule has 0 aliphatic heterocycles. The lowest BCUT2D eigenvalue weighted by atomic mass is 10.3. The van der Waals surface area contributed by atoms with E-state index in [2.05, 4.69) is 27.8 Å². The number of para-hydroxylation sites is 1. The lowest BCUT2D eigenvalue weighted by Gasteiger charge is -2.06. The second kappa shape index (κ2) is 8.39. The zero-order valence-corrected chi connectivity index (χ0v) is 11.8. The Labute approximate surface area is 119 Å². The van der Waals surface area contributed by atoms with Crippen LogP contribution in [0.2, 0.25) is 0 Å². The first-order chi connectivity index (χ1) is 9.92. The molecule has 0 unspecified atom stereocenters. The molecule has 1 aromatic heterocycles. The minimum Gasteiger partial charge on any atom is -0.380 e. The van der Waals surface area contributed by atoms with Gasteiger partial charge in [0.25, 0.3) is 0 Å². The molecule has 0 saturated carbocycles. The Morgan fingerprint density at radius 1 is 1.20 bits per heavy atom. The van der Waals surface area contributed by atoms with Crippen molar-refractivity contribution in [1.29, 1.82) is 0 Å². The van der Waals surface area contributed by atoms with E-state index in [-0.39, 0.29) is 0 Å². The molecule has 1 aromatic carbocycles. The maximum Gasteiger partial charge on any atom is 0.170 e. The monoisotopic (exact) mass is 275 g/mol. The summed E-state index contributed by atoms with van der Waals surface area (Å²) in [6.45, 7) is 5.13. The molecule has 108 valence electrons. The number of benzene rings is 1. The Bertz CT molecular complexity index is 485. The van der Waals surface area contributed by atoms with Gasteiger partial charge >= 0.3 is 0 Å². The molecule has 0 aliphatic carbocycles. The number of nitrogens with one attached hydrogen (secondary N) is 1. The van der Waals surface area contributed by atoms with Crippen molar-refractivity contribution in [3.05, 3.63) is 36.2 Å². The molecule has 1 heterocycles. The summed E-state index contributed by atoms with van der Waals surface area (Å²) in [5.74, 6) is 0.796. The molecule has 6 heteroatoms. The van der Waals surface area contributed by atoms with E-state index >= 15 is 0 Å². The highest BCUT2D eigenvalue weighted by Gasteiger charge is 2.06. The summed E-state index contributed by atoms with van der Waals surface area (Å²) in [7, 11) is 0. The SMILES string of the molecule is CCCCOCCNCc1nnnn1-c1ccccc1. The Kier molecular flexibility index (Phi) is 6.13. The predicted octanol–water partition coefficient (Wildman–Crippen LogP) is 1.57. The van der Waals surface area contributed by atoms with E-state index in [9.17, 15) is 0 Å². The third-order valence-electron chi connectivity index (χ3n) is 2.88. The standard InChI is InChI=1S/C14H21N5O/c1-2-3-10-20-11-9-15-12-14-16-17-18-19(14)13-7-5-4-6-8-13/h4-8,15H,2-3,9-12H2,1H3. The van der Waals surface area contributed by atoms with E-state index in [0.717, 1.165) is 31.1 Å². The summed E-state index contributed by atoms with van der Waals surface area (Å²) in [6.07, 6.45) is 2.28. The third kappa shape index (κ3) is 4.40. The molecule has 6 nitrogen and oxygen atoms in total. The van der Waals surface area contributed by atoms with Crippen LogP contribution in [-0.4, -0.2) is 40.0 Å². The van der Waals surface area contributed by atoms with Crippen LogP contribution in [0.3, 0.4) is 0 Å². The highest BCUT2D eigenvalue weighted by atomic mass is 16.5. The summed E-state index contributed by atoms with van der Waals surface area (Å²) >= 11 is 0. The van der Waals surface area contributed by atoms with E-state index in [4.69, 9.17) is 4.74 Å². The summed E-state index contributed by atoms with van der Waals surface area (Å²) in [4.78, 5) is 0. The van der Waals surface area contributed by atoms with Crippen LogP contribution >= 0.6 is 0 Å². The fraction of sp³-hybridized carbons (Fsp3) is 0.500. The minimum absolute atomic E-state index is 0.624. The quantitative estimate of drug-likeness (QED) is 0.704. The molecule has 20 heavy (non-hydrogen) atoms. The zero-order chi connectivity index (χ0) is 14.0. The molecule has 1 N–H and O–H groups in total. The van der Waals surface area contributed by atoms with Gasteiger partial charge in [-0.15, -0.1) is 5.10 Å². The first kappa shape index (κ1) is 14.6. The molecule has 0 radical (unpaired) electrons. The Morgan fingerprint density at radius 3 is 2.85 bits per heavy atom. The summed E-state index contributed by atoms with van der Waals surface area (Å²) in [5.41, 5.74) is 0.966. The summed E-state index contributed by atoms with van der Waals surface area (Å²) in [6, 6.07) is 9.87. The maximum absolute atomic E-state index is 5.49. The molecule has 0 saturated heterocycles. The van der Waals surface area contributed by atoms with Crippen LogP contribution in [0, 0.1) is 0 Å². The van der Waals surface area contributed by atoms with Crippen LogP contribution in [0.1, 0.15) is 25.6 Å². The van der Waals surface area contributed by atoms with Gasteiger partial charge in [-0.2, -0.15) is 4.68 Å². The normalized spacial score (nSPS) is 10.8. The number of tetrazole rings is 1. The van der Waals surface area contributed by atoms with Crippen LogP contribution in [0.25, 0.3) is 5.69 Å². The van der Waals surface area contributed by atoms with Gasteiger partial charge in [-0.1, -0.05) is 31.5 Å². The third-order valence-corrected chi connectivity index (χ3v) is 2.88. The number of rotatable bonds is 9.